The van der Waals surface area contributed by atoms with Crippen LogP contribution in [-0.2, 0) is 0 Å². The van der Waals surface area contributed by atoms with Crippen LogP contribution >= 0.6 is 11.6 Å². The van der Waals surface area contributed by atoms with Gasteiger partial charge in [0.2, 0.25) is 0 Å². The SMILES string of the molecule is CN1CCN(Nc2cc(Cl)ccc2C#N)CC1. The van der Waals surface area contributed by atoms with Crippen molar-refractivity contribution in [2.75, 3.05) is 38.7 Å². The highest BCUT2D eigenvalue weighted by molar-refractivity contribution is 6.30. The number of nitrogens with one attached hydrogen (secondary N) is 1. The Balaban J connectivity index is 2.08. The Morgan fingerprint density at radius 2 is 2.00 bits per heavy atom. The molecule has 0 radical (unpaired) electrons. The second-order valence-corrected chi connectivity index (χ2v) is 4.64. The van der Waals surface area contributed by atoms with Crippen LogP contribution in [0, 0.1) is 11.3 Å². The molecule has 1 fully saturated rings. The lowest BCUT2D eigenvalue weighted by atomic mass is 10.2. The summed E-state index contributed by atoms with van der Waals surface area (Å²) >= 11 is 5.94. The summed E-state index contributed by atoms with van der Waals surface area (Å²) < 4.78 is 0. The van der Waals surface area contributed by atoms with Gasteiger partial charge in [0.05, 0.1) is 11.3 Å². The lowest BCUT2D eigenvalue weighted by molar-refractivity contribution is 0.179. The molecular formula is C12H15ClN4. The van der Waals surface area contributed by atoms with Gasteiger partial charge in [0.25, 0.3) is 0 Å². The fourth-order valence-corrected chi connectivity index (χ4v) is 1.97. The lowest BCUT2D eigenvalue weighted by Gasteiger charge is -2.33. The predicted molar refractivity (Wildman–Crippen MR) is 68.9 cm³/mol. The van der Waals surface area contributed by atoms with E-state index in [0.717, 1.165) is 31.9 Å². The highest BCUT2D eigenvalue weighted by Crippen LogP contribution is 2.21. The highest BCUT2D eigenvalue weighted by Gasteiger charge is 2.14. The van der Waals surface area contributed by atoms with Crippen LogP contribution in [0.4, 0.5) is 5.69 Å². The molecule has 2 rings (SSSR count). The van der Waals surface area contributed by atoms with Gasteiger partial charge < -0.3 is 10.3 Å². The number of piperazine rings is 1. The first-order chi connectivity index (χ1) is 8.19. The Bertz CT molecular complexity index is 433. The first-order valence-corrected chi connectivity index (χ1v) is 5.96. The predicted octanol–water partition coefficient (Wildman–Crippen LogP) is 1.79. The van der Waals surface area contributed by atoms with E-state index >= 15 is 0 Å². The van der Waals surface area contributed by atoms with Crippen molar-refractivity contribution in [2.24, 2.45) is 0 Å². The van der Waals surface area contributed by atoms with Crippen molar-refractivity contribution in [1.82, 2.24) is 9.91 Å². The van der Waals surface area contributed by atoms with Crippen molar-refractivity contribution in [2.45, 2.75) is 0 Å². The topological polar surface area (TPSA) is 42.3 Å². The lowest BCUT2D eigenvalue weighted by Crippen LogP contribution is -2.47. The number of rotatable bonds is 2. The average Bonchev–Trinajstić information content (AvgIpc) is 2.32. The molecule has 1 N–H and O–H groups in total. The summed E-state index contributed by atoms with van der Waals surface area (Å²) in [6, 6.07) is 7.42. The van der Waals surface area contributed by atoms with Crippen LogP contribution in [0.2, 0.25) is 5.02 Å². The molecule has 0 atom stereocenters. The highest BCUT2D eigenvalue weighted by atomic mass is 35.5. The first kappa shape index (κ1) is 12.2. The monoisotopic (exact) mass is 250 g/mol. The van der Waals surface area contributed by atoms with Crippen molar-refractivity contribution in [3.63, 3.8) is 0 Å². The van der Waals surface area contributed by atoms with Gasteiger partial charge >= 0.3 is 0 Å². The third-order valence-corrected chi connectivity index (χ3v) is 3.12. The fourth-order valence-electron chi connectivity index (χ4n) is 1.80. The molecule has 90 valence electrons. The van der Waals surface area contributed by atoms with Gasteiger partial charge in [-0.1, -0.05) is 11.6 Å². The largest absolute Gasteiger partial charge is 0.317 e. The third-order valence-electron chi connectivity index (χ3n) is 2.88. The Morgan fingerprint density at radius 1 is 1.29 bits per heavy atom. The van der Waals surface area contributed by atoms with Gasteiger partial charge in [-0.25, -0.2) is 5.01 Å². The van der Waals surface area contributed by atoms with Crippen LogP contribution in [-0.4, -0.2) is 43.1 Å². The molecule has 0 saturated carbocycles. The van der Waals surface area contributed by atoms with E-state index in [-0.39, 0.29) is 0 Å². The quantitative estimate of drug-likeness (QED) is 0.869. The number of hydrazine groups is 1. The van der Waals surface area contributed by atoms with E-state index in [9.17, 15) is 0 Å². The number of hydrogen-bond donors (Lipinski definition) is 1. The summed E-state index contributed by atoms with van der Waals surface area (Å²) in [5.74, 6) is 0. The molecular weight excluding hydrogens is 236 g/mol. The number of nitrogens with zero attached hydrogens (tertiary/aromatic N) is 3. The molecule has 1 aliphatic heterocycles. The van der Waals surface area contributed by atoms with Gasteiger partial charge in [0.15, 0.2) is 0 Å². The van der Waals surface area contributed by atoms with E-state index in [2.05, 4.69) is 28.5 Å². The number of likely N-dealkylation sites (N-methyl/N-ethyl adjacent to an activating group) is 1. The standard InChI is InChI=1S/C12H15ClN4/c1-16-4-6-17(7-5-16)15-12-8-11(13)3-2-10(12)9-14/h2-3,8,15H,4-7H2,1H3. The molecule has 0 bridgehead atoms. The molecule has 1 heterocycles. The molecule has 17 heavy (non-hydrogen) atoms. The normalized spacial score (nSPS) is 17.7. The van der Waals surface area contributed by atoms with E-state index in [4.69, 9.17) is 16.9 Å². The number of benzene rings is 1. The molecule has 1 saturated heterocycles. The van der Waals surface area contributed by atoms with E-state index in [1.54, 1.807) is 18.2 Å². The molecule has 1 aromatic carbocycles. The second kappa shape index (κ2) is 5.37. The second-order valence-electron chi connectivity index (χ2n) is 4.20. The molecule has 0 unspecified atom stereocenters. The summed E-state index contributed by atoms with van der Waals surface area (Å²) in [7, 11) is 2.11. The summed E-state index contributed by atoms with van der Waals surface area (Å²) in [6.45, 7) is 3.92. The van der Waals surface area contributed by atoms with Gasteiger partial charge in [0, 0.05) is 31.2 Å². The molecule has 0 aliphatic carbocycles. The van der Waals surface area contributed by atoms with E-state index < -0.39 is 0 Å². The number of anilines is 1. The van der Waals surface area contributed by atoms with Crippen LogP contribution in [0.1, 0.15) is 5.56 Å². The summed E-state index contributed by atoms with van der Waals surface area (Å²) in [6.07, 6.45) is 0. The van der Waals surface area contributed by atoms with Gasteiger partial charge in [-0.15, -0.1) is 0 Å². The fraction of sp³-hybridized carbons (Fsp3) is 0.417. The zero-order valence-corrected chi connectivity index (χ0v) is 10.5. The van der Waals surface area contributed by atoms with Crippen molar-refractivity contribution in [3.05, 3.63) is 28.8 Å². The zero-order chi connectivity index (χ0) is 12.3. The summed E-state index contributed by atoms with van der Waals surface area (Å²) in [5.41, 5.74) is 4.66. The molecule has 0 amide bonds. The Kier molecular flexibility index (Phi) is 3.85. The van der Waals surface area contributed by atoms with Crippen LogP contribution < -0.4 is 5.43 Å². The molecule has 1 aliphatic rings. The van der Waals surface area contributed by atoms with Gasteiger partial charge in [-0.05, 0) is 25.2 Å². The van der Waals surface area contributed by atoms with Crippen LogP contribution in [0.3, 0.4) is 0 Å². The summed E-state index contributed by atoms with van der Waals surface area (Å²) in [5, 5.41) is 11.8. The smallest absolute Gasteiger partial charge is 0.101 e. The minimum Gasteiger partial charge on any atom is -0.317 e. The average molecular weight is 251 g/mol. The molecule has 5 heteroatoms. The molecule has 0 aromatic heterocycles. The Morgan fingerprint density at radius 3 is 2.65 bits per heavy atom. The van der Waals surface area contributed by atoms with Gasteiger partial charge in [-0.2, -0.15) is 5.26 Å². The van der Waals surface area contributed by atoms with E-state index in [0.29, 0.717) is 10.6 Å². The van der Waals surface area contributed by atoms with Gasteiger partial charge in [-0.3, -0.25) is 0 Å². The number of hydrogen-bond acceptors (Lipinski definition) is 4. The third kappa shape index (κ3) is 3.10. The minimum atomic E-state index is 0.619. The molecule has 1 aromatic rings. The minimum absolute atomic E-state index is 0.619. The zero-order valence-electron chi connectivity index (χ0n) is 9.78. The summed E-state index contributed by atoms with van der Waals surface area (Å²) in [4.78, 5) is 2.28. The van der Waals surface area contributed by atoms with Crippen molar-refractivity contribution in [1.29, 1.82) is 5.26 Å². The number of halogens is 1. The molecule has 0 spiro atoms. The maximum Gasteiger partial charge on any atom is 0.101 e. The Hall–Kier alpha value is -1.28. The van der Waals surface area contributed by atoms with Crippen LogP contribution in [0.25, 0.3) is 0 Å². The van der Waals surface area contributed by atoms with Crippen LogP contribution in [0.15, 0.2) is 18.2 Å². The van der Waals surface area contributed by atoms with E-state index in [1.807, 2.05) is 0 Å². The van der Waals surface area contributed by atoms with E-state index in [1.165, 1.54) is 0 Å². The van der Waals surface area contributed by atoms with Crippen molar-refractivity contribution < 1.29 is 0 Å². The van der Waals surface area contributed by atoms with Crippen LogP contribution in [0.5, 0.6) is 0 Å². The first-order valence-electron chi connectivity index (χ1n) is 5.59. The van der Waals surface area contributed by atoms with Crippen molar-refractivity contribution in [3.8, 4) is 6.07 Å². The number of nitriles is 1. The maximum absolute atomic E-state index is 9.02. The molecule has 4 nitrogen and oxygen atoms in total. The Labute approximate surface area is 106 Å². The van der Waals surface area contributed by atoms with Crippen molar-refractivity contribution >= 4 is 17.3 Å². The van der Waals surface area contributed by atoms with Gasteiger partial charge in [0.1, 0.15) is 6.07 Å². The maximum atomic E-state index is 9.02.